The molecule has 0 atom stereocenters. The predicted molar refractivity (Wildman–Crippen MR) is 235 cm³/mol. The van der Waals surface area contributed by atoms with E-state index >= 15 is 0 Å². The van der Waals surface area contributed by atoms with Crippen molar-refractivity contribution in [1.82, 2.24) is 0 Å². The molecule has 55 heavy (non-hydrogen) atoms. The maximum atomic E-state index is 2.38. The van der Waals surface area contributed by atoms with Gasteiger partial charge >= 0.3 is 0 Å². The molecule has 0 aromatic heterocycles. The van der Waals surface area contributed by atoms with Crippen molar-refractivity contribution in [3.63, 3.8) is 0 Å². The number of rotatable bonds is 7. The first-order valence-electron chi connectivity index (χ1n) is 18.9. The maximum Gasteiger partial charge on any atom is 0.0467 e. The average molecular weight is 700 g/mol. The van der Waals surface area contributed by atoms with E-state index in [-0.39, 0.29) is 0 Å². The molecule has 10 aromatic carbocycles. The van der Waals surface area contributed by atoms with Gasteiger partial charge in [-0.3, -0.25) is 0 Å². The van der Waals surface area contributed by atoms with Gasteiger partial charge in [-0.05, 0) is 113 Å². The molecule has 0 unspecified atom stereocenters. The highest BCUT2D eigenvalue weighted by atomic mass is 15.1. The lowest BCUT2D eigenvalue weighted by Gasteiger charge is -2.27. The Balaban J connectivity index is 1.20. The van der Waals surface area contributed by atoms with Gasteiger partial charge in [0.25, 0.3) is 0 Å². The summed E-state index contributed by atoms with van der Waals surface area (Å²) in [6, 6.07) is 81.4. The van der Waals surface area contributed by atoms with E-state index in [0.29, 0.717) is 0 Å². The molecule has 0 aliphatic heterocycles. The highest BCUT2D eigenvalue weighted by molar-refractivity contribution is 6.23. The first-order chi connectivity index (χ1) is 27.3. The second kappa shape index (κ2) is 14.0. The number of hydrogen-bond acceptors (Lipinski definition) is 1. The first-order valence-corrected chi connectivity index (χ1v) is 18.9. The van der Waals surface area contributed by atoms with Crippen molar-refractivity contribution in [1.29, 1.82) is 0 Å². The van der Waals surface area contributed by atoms with Gasteiger partial charge in [0.2, 0.25) is 0 Å². The molecule has 0 N–H and O–H groups in total. The van der Waals surface area contributed by atoms with Crippen molar-refractivity contribution in [2.45, 2.75) is 0 Å². The van der Waals surface area contributed by atoms with E-state index in [2.05, 4.69) is 229 Å². The highest BCUT2D eigenvalue weighted by Gasteiger charge is 2.21. The normalized spacial score (nSPS) is 11.3. The Bertz CT molecular complexity index is 2860. The van der Waals surface area contributed by atoms with Gasteiger partial charge in [-0.15, -0.1) is 0 Å². The molecule has 0 radical (unpaired) electrons. The summed E-state index contributed by atoms with van der Waals surface area (Å²) in [5.74, 6) is 0. The fourth-order valence-electron chi connectivity index (χ4n) is 8.28. The minimum Gasteiger partial charge on any atom is -0.310 e. The van der Waals surface area contributed by atoms with Crippen molar-refractivity contribution in [2.75, 3.05) is 4.90 Å². The molecule has 0 saturated carbocycles. The van der Waals surface area contributed by atoms with E-state index in [1.807, 2.05) is 0 Å². The number of hydrogen-bond donors (Lipinski definition) is 0. The highest BCUT2D eigenvalue weighted by Crippen LogP contribution is 2.47. The SMILES string of the molecule is c1ccc(-c2ccc(N(c3ccc(-c4ccccc4)cc3)c3cccc(-c4c(-c5cccc6ccccc56)c5ccccc5c5ccccc45)c3)cc2)cc1. The molecule has 0 fully saturated rings. The molecule has 0 saturated heterocycles. The zero-order chi connectivity index (χ0) is 36.6. The summed E-state index contributed by atoms with van der Waals surface area (Å²) >= 11 is 0. The minimum atomic E-state index is 1.10. The van der Waals surface area contributed by atoms with E-state index in [1.54, 1.807) is 0 Å². The standard InChI is InChI=1S/C54H37N/c1-3-15-38(16-4-1)40-29-33-44(34-30-40)55(45-35-31-41(32-36-45)39-17-5-2-6-18-39)46-22-13-21-43(37-46)53-51-26-11-9-24-48(51)49-25-10-12-27-52(49)54(53)50-28-14-20-42-19-7-8-23-47(42)50/h1-37H. The molecule has 0 spiro atoms. The molecule has 10 rings (SSSR count). The molecule has 10 aromatic rings. The Hall–Kier alpha value is -7.22. The van der Waals surface area contributed by atoms with Crippen molar-refractivity contribution < 1.29 is 0 Å². The van der Waals surface area contributed by atoms with Crippen LogP contribution in [-0.2, 0) is 0 Å². The van der Waals surface area contributed by atoms with Crippen LogP contribution >= 0.6 is 0 Å². The number of nitrogens with zero attached hydrogens (tertiary/aromatic N) is 1. The van der Waals surface area contributed by atoms with Crippen molar-refractivity contribution >= 4 is 49.4 Å². The molecular formula is C54H37N. The Morgan fingerprint density at radius 3 is 1.24 bits per heavy atom. The van der Waals surface area contributed by atoms with Gasteiger partial charge in [0.05, 0.1) is 0 Å². The summed E-state index contributed by atoms with van der Waals surface area (Å²) < 4.78 is 0. The van der Waals surface area contributed by atoms with Gasteiger partial charge in [0.15, 0.2) is 0 Å². The summed E-state index contributed by atoms with van der Waals surface area (Å²) in [6.45, 7) is 0. The average Bonchev–Trinajstić information content (AvgIpc) is 3.27. The summed E-state index contributed by atoms with van der Waals surface area (Å²) in [4.78, 5) is 2.38. The molecule has 0 amide bonds. The molecule has 258 valence electrons. The molecule has 0 aliphatic carbocycles. The number of benzene rings is 10. The van der Waals surface area contributed by atoms with Gasteiger partial charge in [0.1, 0.15) is 0 Å². The van der Waals surface area contributed by atoms with Crippen LogP contribution in [0.1, 0.15) is 0 Å². The number of anilines is 3. The molecule has 0 bridgehead atoms. The van der Waals surface area contributed by atoms with Gasteiger partial charge in [-0.25, -0.2) is 0 Å². The van der Waals surface area contributed by atoms with Crippen LogP contribution in [-0.4, -0.2) is 0 Å². The quantitative estimate of drug-likeness (QED) is 0.150. The lowest BCUT2D eigenvalue weighted by Crippen LogP contribution is -2.10. The Kier molecular flexibility index (Phi) is 8.24. The lowest BCUT2D eigenvalue weighted by atomic mass is 9.83. The molecule has 0 heterocycles. The van der Waals surface area contributed by atoms with Crippen LogP contribution in [0, 0.1) is 0 Å². The van der Waals surface area contributed by atoms with Crippen LogP contribution in [0.25, 0.3) is 76.8 Å². The second-order valence-corrected chi connectivity index (χ2v) is 14.1. The number of fused-ring (bicyclic) bond motifs is 4. The summed E-state index contributed by atoms with van der Waals surface area (Å²) in [6.07, 6.45) is 0. The third kappa shape index (κ3) is 5.93. The zero-order valence-electron chi connectivity index (χ0n) is 30.3. The molecule has 1 nitrogen and oxygen atoms in total. The van der Waals surface area contributed by atoms with Crippen molar-refractivity contribution in [2.24, 2.45) is 0 Å². The second-order valence-electron chi connectivity index (χ2n) is 14.1. The van der Waals surface area contributed by atoms with Gasteiger partial charge < -0.3 is 4.90 Å². The maximum absolute atomic E-state index is 2.38. The van der Waals surface area contributed by atoms with Gasteiger partial charge in [-0.2, -0.15) is 0 Å². The molecule has 0 aliphatic rings. The fraction of sp³-hybridized carbons (Fsp3) is 0. The van der Waals surface area contributed by atoms with Crippen LogP contribution in [0.4, 0.5) is 17.1 Å². The van der Waals surface area contributed by atoms with Crippen LogP contribution in [0.15, 0.2) is 224 Å². The largest absolute Gasteiger partial charge is 0.310 e. The Morgan fingerprint density at radius 2 is 0.655 bits per heavy atom. The fourth-order valence-corrected chi connectivity index (χ4v) is 8.28. The van der Waals surface area contributed by atoms with Crippen LogP contribution in [0.3, 0.4) is 0 Å². The Labute approximate surface area is 322 Å². The Morgan fingerprint density at radius 1 is 0.236 bits per heavy atom. The third-order valence-electron chi connectivity index (χ3n) is 10.9. The molecular weight excluding hydrogens is 663 g/mol. The molecule has 1 heteroatoms. The third-order valence-corrected chi connectivity index (χ3v) is 10.9. The van der Waals surface area contributed by atoms with Crippen molar-refractivity contribution in [3.8, 4) is 44.5 Å². The van der Waals surface area contributed by atoms with E-state index in [0.717, 1.165) is 17.1 Å². The monoisotopic (exact) mass is 699 g/mol. The zero-order valence-corrected chi connectivity index (χ0v) is 30.3. The van der Waals surface area contributed by atoms with Crippen LogP contribution in [0.2, 0.25) is 0 Å². The summed E-state index contributed by atoms with van der Waals surface area (Å²) in [5.41, 5.74) is 13.0. The smallest absolute Gasteiger partial charge is 0.0467 e. The summed E-state index contributed by atoms with van der Waals surface area (Å²) in [7, 11) is 0. The van der Waals surface area contributed by atoms with E-state index in [9.17, 15) is 0 Å². The summed E-state index contributed by atoms with van der Waals surface area (Å²) in [5, 5.41) is 7.50. The van der Waals surface area contributed by atoms with Gasteiger partial charge in [0, 0.05) is 17.1 Å². The topological polar surface area (TPSA) is 3.24 Å². The van der Waals surface area contributed by atoms with Gasteiger partial charge in [-0.1, -0.05) is 188 Å². The van der Waals surface area contributed by atoms with E-state index < -0.39 is 0 Å². The lowest BCUT2D eigenvalue weighted by molar-refractivity contribution is 1.28. The van der Waals surface area contributed by atoms with Crippen LogP contribution in [0.5, 0.6) is 0 Å². The van der Waals surface area contributed by atoms with Crippen molar-refractivity contribution in [3.05, 3.63) is 224 Å². The first kappa shape index (κ1) is 32.4. The van der Waals surface area contributed by atoms with E-state index in [4.69, 9.17) is 0 Å². The van der Waals surface area contributed by atoms with E-state index in [1.165, 1.54) is 76.8 Å². The van der Waals surface area contributed by atoms with Crippen LogP contribution < -0.4 is 4.90 Å². The predicted octanol–water partition coefficient (Wildman–Crippen LogP) is 15.3. The minimum absolute atomic E-state index is 1.10.